The van der Waals surface area contributed by atoms with E-state index in [4.69, 9.17) is 9.29 Å². The molecule has 4 rings (SSSR count). The van der Waals surface area contributed by atoms with Crippen LogP contribution in [-0.2, 0) is 16.1 Å². The van der Waals surface area contributed by atoms with Gasteiger partial charge in [-0.15, -0.1) is 0 Å². The largest absolute Gasteiger partial charge is 0.481 e. The maximum atomic E-state index is 12.6. The highest BCUT2D eigenvalue weighted by Crippen LogP contribution is 2.62. The normalized spacial score (nSPS) is 28.7. The molecule has 0 aliphatic heterocycles. The van der Waals surface area contributed by atoms with E-state index in [-0.39, 0.29) is 12.5 Å². The number of carbonyl (C=O) groups is 1. The molecule has 2 unspecified atom stereocenters. The van der Waals surface area contributed by atoms with Crippen LogP contribution in [0.2, 0.25) is 0 Å². The number of benzene rings is 1. The first kappa shape index (κ1) is 22.5. The Morgan fingerprint density at radius 3 is 2.69 bits per heavy atom. The molecular weight excluding hydrogens is 454 g/mol. The van der Waals surface area contributed by atoms with Crippen molar-refractivity contribution in [2.75, 3.05) is 0 Å². The Labute approximate surface area is 184 Å². The third-order valence-corrected chi connectivity index (χ3v) is 8.06. The van der Waals surface area contributed by atoms with Crippen molar-refractivity contribution >= 4 is 33.2 Å². The van der Waals surface area contributed by atoms with Gasteiger partial charge in [0, 0.05) is 16.9 Å². The zero-order valence-electron chi connectivity index (χ0n) is 17.0. The van der Waals surface area contributed by atoms with Gasteiger partial charge in [-0.25, -0.2) is 4.72 Å². The van der Waals surface area contributed by atoms with E-state index >= 15 is 0 Å². The van der Waals surface area contributed by atoms with Gasteiger partial charge in [0.15, 0.2) is 0 Å². The van der Waals surface area contributed by atoms with E-state index in [2.05, 4.69) is 46.7 Å². The van der Waals surface area contributed by atoms with E-state index in [9.17, 15) is 9.00 Å². The van der Waals surface area contributed by atoms with Crippen LogP contribution in [0.4, 0.5) is 0 Å². The zero-order valence-corrected chi connectivity index (χ0v) is 19.4. The van der Waals surface area contributed by atoms with Crippen LogP contribution in [0.3, 0.4) is 0 Å². The number of carboxylic acids is 1. The molecule has 0 saturated heterocycles. The summed E-state index contributed by atoms with van der Waals surface area (Å²) in [5.74, 6) is 1.50. The molecule has 160 valence electrons. The lowest BCUT2D eigenvalue weighted by Gasteiger charge is -2.62. The van der Waals surface area contributed by atoms with Gasteiger partial charge in [0.2, 0.25) is 0 Å². The average Bonchev–Trinajstić information content (AvgIpc) is 2.66. The summed E-state index contributed by atoms with van der Waals surface area (Å²) in [6.07, 6.45) is 9.09. The summed E-state index contributed by atoms with van der Waals surface area (Å²) in [5, 5.41) is 8.73. The fourth-order valence-corrected chi connectivity index (χ4v) is 5.99. The molecule has 29 heavy (non-hydrogen) atoms. The number of unbranched alkanes of at least 4 members (excludes halogenated alkanes) is 1. The van der Waals surface area contributed by atoms with Crippen LogP contribution in [0.5, 0.6) is 5.75 Å². The molecule has 3 saturated carbocycles. The zero-order chi connectivity index (χ0) is 21.0. The minimum atomic E-state index is -1.59. The predicted molar refractivity (Wildman–Crippen MR) is 119 cm³/mol. The summed E-state index contributed by atoms with van der Waals surface area (Å²) in [6, 6.07) is 7.48. The van der Waals surface area contributed by atoms with Gasteiger partial charge in [0.1, 0.15) is 5.75 Å². The molecule has 2 bridgehead atoms. The lowest BCUT2D eigenvalue weighted by molar-refractivity contribution is -0.137. The number of carboxylic acid groups (broad SMARTS) is 1. The maximum Gasteiger partial charge on any atom is 0.303 e. The molecule has 7 heteroatoms. The second kappa shape index (κ2) is 9.75. The van der Waals surface area contributed by atoms with E-state index in [0.717, 1.165) is 23.7 Å². The first-order chi connectivity index (χ1) is 13.8. The quantitative estimate of drug-likeness (QED) is 0.352. The lowest BCUT2D eigenvalue weighted by Crippen LogP contribution is -2.61. The number of rotatable bonds is 10. The van der Waals surface area contributed by atoms with Crippen molar-refractivity contribution < 1.29 is 18.3 Å². The van der Waals surface area contributed by atoms with Crippen molar-refractivity contribution in [1.29, 1.82) is 0 Å². The van der Waals surface area contributed by atoms with Crippen molar-refractivity contribution in [3.63, 3.8) is 0 Å². The number of hydrogen-bond donors (Lipinski definition) is 2. The first-order valence-corrected chi connectivity index (χ1v) is 12.1. The monoisotopic (exact) mass is 483 g/mol. The Balaban J connectivity index is 1.57. The van der Waals surface area contributed by atoms with Gasteiger partial charge in [0.25, 0.3) is 11.3 Å². The van der Waals surface area contributed by atoms with Gasteiger partial charge < -0.3 is 9.29 Å². The summed E-state index contributed by atoms with van der Waals surface area (Å²) in [7, 11) is 0. The summed E-state index contributed by atoms with van der Waals surface area (Å²) < 4.78 is 22.3. The van der Waals surface area contributed by atoms with Crippen molar-refractivity contribution in [1.82, 2.24) is 4.72 Å². The van der Waals surface area contributed by atoms with E-state index in [0.29, 0.717) is 35.3 Å². The molecule has 0 amide bonds. The molecule has 0 radical (unpaired) electrons. The Bertz CT molecular complexity index is 765. The first-order valence-electron chi connectivity index (χ1n) is 10.3. The van der Waals surface area contributed by atoms with Gasteiger partial charge >= 0.3 is 5.97 Å². The van der Waals surface area contributed by atoms with E-state index in [1.807, 2.05) is 12.1 Å². The molecule has 2 N–H and O–H groups in total. The molecule has 1 aromatic carbocycles. The molecule has 0 spiro atoms. The Kier molecular flexibility index (Phi) is 7.57. The minimum absolute atomic E-state index is 0.159. The van der Waals surface area contributed by atoms with Gasteiger partial charge in [-0.05, 0) is 79.5 Å². The molecule has 3 aliphatic carbocycles. The Morgan fingerprint density at radius 1 is 1.31 bits per heavy atom. The van der Waals surface area contributed by atoms with Gasteiger partial charge in [-0.2, -0.15) is 4.21 Å². The molecule has 3 aliphatic rings. The van der Waals surface area contributed by atoms with E-state index in [1.54, 1.807) is 12.1 Å². The Hall–Kier alpha value is -1.18. The number of hydrogen-bond acceptors (Lipinski definition) is 3. The van der Waals surface area contributed by atoms with Crippen LogP contribution in [0.15, 0.2) is 40.9 Å². The number of fused-ring (bicyclic) bond motifs is 2. The third-order valence-electron chi connectivity index (χ3n) is 6.69. The van der Waals surface area contributed by atoms with Crippen LogP contribution in [0.25, 0.3) is 0 Å². The highest BCUT2D eigenvalue weighted by molar-refractivity contribution is 9.10. The number of halogens is 1. The second-order valence-electron chi connectivity index (χ2n) is 8.75. The number of allylic oxidation sites excluding steroid dienone is 2. The van der Waals surface area contributed by atoms with E-state index < -0.39 is 17.2 Å². The van der Waals surface area contributed by atoms with Gasteiger partial charge in [-0.1, -0.05) is 41.9 Å². The SMILES string of the molecule is CC1(C)[C@H]2CC(NS(=O)Oc3ccc(Br)cc3)[C@@H](CC=CCCCC(=O)O)[C@@H]1C2. The van der Waals surface area contributed by atoms with E-state index in [1.165, 1.54) is 6.42 Å². The van der Waals surface area contributed by atoms with Gasteiger partial charge in [0.05, 0.1) is 0 Å². The summed E-state index contributed by atoms with van der Waals surface area (Å²) >= 11 is 1.80. The summed E-state index contributed by atoms with van der Waals surface area (Å²) in [5.41, 5.74) is 0.327. The topological polar surface area (TPSA) is 75.6 Å². The van der Waals surface area contributed by atoms with Crippen molar-refractivity contribution in [2.24, 2.45) is 23.2 Å². The molecular formula is C22H30BrNO4S. The molecule has 0 aromatic heterocycles. The summed E-state index contributed by atoms with van der Waals surface area (Å²) in [6.45, 7) is 4.70. The molecule has 0 heterocycles. The fourth-order valence-electron chi connectivity index (χ4n) is 4.88. The smallest absolute Gasteiger partial charge is 0.303 e. The predicted octanol–water partition coefficient (Wildman–Crippen LogP) is 5.25. The Morgan fingerprint density at radius 2 is 2.03 bits per heavy atom. The van der Waals surface area contributed by atoms with Crippen LogP contribution >= 0.6 is 15.9 Å². The van der Waals surface area contributed by atoms with Crippen molar-refractivity contribution in [2.45, 2.75) is 58.4 Å². The van der Waals surface area contributed by atoms with Crippen molar-refractivity contribution in [3.05, 3.63) is 40.9 Å². The minimum Gasteiger partial charge on any atom is -0.481 e. The van der Waals surface area contributed by atoms with Crippen molar-refractivity contribution in [3.8, 4) is 5.75 Å². The maximum absolute atomic E-state index is 12.6. The molecule has 1 aromatic rings. The third kappa shape index (κ3) is 5.70. The number of aliphatic carboxylic acids is 1. The number of nitrogens with one attached hydrogen (secondary N) is 1. The average molecular weight is 484 g/mol. The molecule has 5 atom stereocenters. The van der Waals surface area contributed by atoms with Crippen LogP contribution < -0.4 is 8.91 Å². The van der Waals surface area contributed by atoms with Gasteiger partial charge in [-0.3, -0.25) is 4.79 Å². The summed E-state index contributed by atoms with van der Waals surface area (Å²) in [4.78, 5) is 10.6. The molecule has 5 nitrogen and oxygen atoms in total. The lowest BCUT2D eigenvalue weighted by atomic mass is 9.44. The second-order valence-corrected chi connectivity index (χ2v) is 10.5. The standard InChI is InChI=1S/C22H30BrNO4S/c1-22(2)15-13-19(22)18(7-5-3-4-6-8-21(25)26)20(14-15)24-29(27)28-17-11-9-16(23)10-12-17/h3,5,9-12,15,18-20,24H,4,6-8,13-14H2,1-2H3,(H,25,26)/t15-,18+,19+,20?,29?/m1/s1. The molecule has 3 fully saturated rings. The highest BCUT2D eigenvalue weighted by atomic mass is 79.9. The highest BCUT2D eigenvalue weighted by Gasteiger charge is 2.57. The van der Waals surface area contributed by atoms with Crippen LogP contribution in [0, 0.1) is 23.2 Å². The fraction of sp³-hybridized carbons (Fsp3) is 0.591. The van der Waals surface area contributed by atoms with Crippen LogP contribution in [-0.4, -0.2) is 21.3 Å². The van der Waals surface area contributed by atoms with Crippen LogP contribution in [0.1, 0.15) is 52.4 Å².